The number of hydrogen-bond donors (Lipinski definition) is 3. The number of carbonyl (C=O) groups is 3. The fourth-order valence-corrected chi connectivity index (χ4v) is 3.57. The van der Waals surface area contributed by atoms with E-state index in [1.54, 1.807) is 38.1 Å². The summed E-state index contributed by atoms with van der Waals surface area (Å²) in [4.78, 5) is 40.0. The molecule has 1 aliphatic heterocycles. The molecule has 1 aromatic rings. The van der Waals surface area contributed by atoms with Crippen LogP contribution in [0.2, 0.25) is 5.02 Å². The lowest BCUT2D eigenvalue weighted by Crippen LogP contribution is -2.50. The molecule has 28 heavy (non-hydrogen) atoms. The number of rotatable bonds is 8. The van der Waals surface area contributed by atoms with Crippen molar-refractivity contribution in [3.63, 3.8) is 0 Å². The first-order valence-corrected chi connectivity index (χ1v) is 9.19. The van der Waals surface area contributed by atoms with E-state index in [2.05, 4.69) is 4.99 Å². The monoisotopic (exact) mass is 411 g/mol. The van der Waals surface area contributed by atoms with Gasteiger partial charge in [0, 0.05) is 10.6 Å². The van der Waals surface area contributed by atoms with Gasteiger partial charge in [-0.2, -0.15) is 0 Å². The summed E-state index contributed by atoms with van der Waals surface area (Å²) in [7, 11) is 0. The highest BCUT2D eigenvalue weighted by molar-refractivity contribution is 6.32. The SMILES string of the molecule is CCC1OC(CC(O)(CC(=O)O)C(=O)O)=NC(CC)(c2ccccc2Cl)C1=O. The second-order valence-electron chi connectivity index (χ2n) is 6.66. The third kappa shape index (κ3) is 4.02. The molecule has 9 heteroatoms. The van der Waals surface area contributed by atoms with Crippen molar-refractivity contribution in [1.29, 1.82) is 0 Å². The van der Waals surface area contributed by atoms with E-state index in [-0.39, 0.29) is 24.5 Å². The van der Waals surface area contributed by atoms with Crippen molar-refractivity contribution >= 4 is 35.2 Å². The molecule has 1 heterocycles. The van der Waals surface area contributed by atoms with Crippen LogP contribution in [0.5, 0.6) is 0 Å². The standard InChI is InChI=1S/C19H22ClNO7/c1-3-13-16(24)19(4-2,11-7-5-6-8-12(11)20)21-14(28-13)9-18(27,17(25)26)10-15(22)23/h5-8,13,27H,3-4,9-10H2,1-2H3,(H,22,23)(H,25,26). The Hall–Kier alpha value is -2.45. The molecule has 0 aromatic heterocycles. The summed E-state index contributed by atoms with van der Waals surface area (Å²) in [6.07, 6.45) is -2.14. The minimum atomic E-state index is -2.62. The number of aliphatic imine (C=N–C) groups is 1. The Kier molecular flexibility index (Phi) is 6.46. The number of Topliss-reactive ketones (excluding diaryl/α,β-unsaturated/α-hetero) is 1. The lowest BCUT2D eigenvalue weighted by Gasteiger charge is -2.38. The summed E-state index contributed by atoms with van der Waals surface area (Å²) >= 11 is 6.30. The topological polar surface area (TPSA) is 133 Å². The zero-order chi connectivity index (χ0) is 21.1. The second kappa shape index (κ2) is 8.28. The minimum absolute atomic E-state index is 0.195. The Labute approximate surface area is 166 Å². The first kappa shape index (κ1) is 21.8. The first-order valence-electron chi connectivity index (χ1n) is 8.82. The summed E-state index contributed by atoms with van der Waals surface area (Å²) in [6, 6.07) is 6.68. The molecule has 0 radical (unpaired) electrons. The van der Waals surface area contributed by atoms with Crippen molar-refractivity contribution in [2.45, 2.75) is 56.8 Å². The molecule has 3 unspecified atom stereocenters. The van der Waals surface area contributed by atoms with Crippen LogP contribution in [-0.2, 0) is 24.7 Å². The van der Waals surface area contributed by atoms with E-state index >= 15 is 0 Å². The second-order valence-corrected chi connectivity index (χ2v) is 7.07. The first-order chi connectivity index (χ1) is 13.1. The van der Waals surface area contributed by atoms with Crippen molar-refractivity contribution in [3.05, 3.63) is 34.9 Å². The molecule has 3 atom stereocenters. The number of ether oxygens (including phenoxy) is 1. The maximum absolute atomic E-state index is 13.1. The predicted molar refractivity (Wildman–Crippen MR) is 100 cm³/mol. The van der Waals surface area contributed by atoms with E-state index in [9.17, 15) is 24.6 Å². The summed E-state index contributed by atoms with van der Waals surface area (Å²) in [5, 5.41) is 28.9. The molecule has 2 rings (SSSR count). The molecular formula is C19H22ClNO7. The number of aliphatic carboxylic acids is 2. The number of aliphatic hydroxyl groups is 1. The molecule has 3 N–H and O–H groups in total. The molecule has 0 fully saturated rings. The number of halogens is 1. The van der Waals surface area contributed by atoms with Gasteiger partial charge >= 0.3 is 11.9 Å². The Morgan fingerprint density at radius 2 is 1.93 bits per heavy atom. The van der Waals surface area contributed by atoms with Crippen molar-refractivity contribution in [2.75, 3.05) is 0 Å². The molecule has 0 saturated carbocycles. The number of benzene rings is 1. The molecule has 0 amide bonds. The van der Waals surface area contributed by atoms with Gasteiger partial charge in [-0.1, -0.05) is 43.6 Å². The Balaban J connectivity index is 2.59. The van der Waals surface area contributed by atoms with Crippen LogP contribution in [0.4, 0.5) is 0 Å². The number of ketones is 1. The highest BCUT2D eigenvalue weighted by Crippen LogP contribution is 2.40. The van der Waals surface area contributed by atoms with Gasteiger partial charge in [-0.25, -0.2) is 9.79 Å². The van der Waals surface area contributed by atoms with E-state index in [0.717, 1.165) is 0 Å². The van der Waals surface area contributed by atoms with E-state index in [4.69, 9.17) is 21.4 Å². The number of carbonyl (C=O) groups excluding carboxylic acids is 1. The Morgan fingerprint density at radius 3 is 2.43 bits per heavy atom. The van der Waals surface area contributed by atoms with E-state index in [1.165, 1.54) is 0 Å². The normalized spacial score (nSPS) is 24.1. The third-order valence-electron chi connectivity index (χ3n) is 4.78. The van der Waals surface area contributed by atoms with Crippen molar-refractivity contribution < 1.29 is 34.4 Å². The highest BCUT2D eigenvalue weighted by Gasteiger charge is 2.50. The van der Waals surface area contributed by atoms with Crippen LogP contribution in [-0.4, -0.2) is 50.6 Å². The fourth-order valence-electron chi connectivity index (χ4n) is 3.28. The van der Waals surface area contributed by atoms with Crippen LogP contribution in [0.3, 0.4) is 0 Å². The lowest BCUT2D eigenvalue weighted by molar-refractivity contribution is -0.165. The molecule has 0 saturated heterocycles. The average molecular weight is 412 g/mol. The van der Waals surface area contributed by atoms with E-state index < -0.39 is 42.0 Å². The maximum Gasteiger partial charge on any atom is 0.336 e. The van der Waals surface area contributed by atoms with Crippen LogP contribution in [0, 0.1) is 0 Å². The largest absolute Gasteiger partial charge is 0.481 e. The van der Waals surface area contributed by atoms with Crippen LogP contribution in [0.15, 0.2) is 29.3 Å². The predicted octanol–water partition coefficient (Wildman–Crippen LogP) is 2.40. The third-order valence-corrected chi connectivity index (χ3v) is 5.11. The van der Waals surface area contributed by atoms with Gasteiger partial charge in [-0.15, -0.1) is 0 Å². The number of nitrogens with zero attached hydrogens (tertiary/aromatic N) is 1. The van der Waals surface area contributed by atoms with Gasteiger partial charge in [-0.05, 0) is 18.9 Å². The van der Waals surface area contributed by atoms with Gasteiger partial charge in [0.1, 0.15) is 0 Å². The molecule has 0 spiro atoms. The van der Waals surface area contributed by atoms with Crippen molar-refractivity contribution in [3.8, 4) is 0 Å². The van der Waals surface area contributed by atoms with Crippen LogP contribution < -0.4 is 0 Å². The molecule has 0 aliphatic carbocycles. The van der Waals surface area contributed by atoms with Gasteiger partial charge in [0.05, 0.1) is 12.8 Å². The fraction of sp³-hybridized carbons (Fsp3) is 0.474. The summed E-state index contributed by atoms with van der Waals surface area (Å²) in [5.74, 6) is -3.73. The maximum atomic E-state index is 13.1. The minimum Gasteiger partial charge on any atom is -0.481 e. The van der Waals surface area contributed by atoms with Crippen molar-refractivity contribution in [1.82, 2.24) is 0 Å². The van der Waals surface area contributed by atoms with Gasteiger partial charge < -0.3 is 20.1 Å². The molecule has 8 nitrogen and oxygen atoms in total. The van der Waals surface area contributed by atoms with Gasteiger partial charge in [0.2, 0.25) is 5.78 Å². The van der Waals surface area contributed by atoms with Crippen LogP contribution in [0.25, 0.3) is 0 Å². The number of carboxylic acids is 2. The summed E-state index contributed by atoms with van der Waals surface area (Å²) < 4.78 is 5.53. The molecule has 1 aromatic carbocycles. The van der Waals surface area contributed by atoms with Crippen LogP contribution >= 0.6 is 11.6 Å². The van der Waals surface area contributed by atoms with Gasteiger partial charge in [0.25, 0.3) is 0 Å². The van der Waals surface area contributed by atoms with E-state index in [1.807, 2.05) is 0 Å². The zero-order valence-corrected chi connectivity index (χ0v) is 16.3. The van der Waals surface area contributed by atoms with Crippen molar-refractivity contribution in [2.24, 2.45) is 4.99 Å². The molecule has 1 aliphatic rings. The van der Waals surface area contributed by atoms with E-state index in [0.29, 0.717) is 10.6 Å². The highest BCUT2D eigenvalue weighted by atomic mass is 35.5. The number of carboxylic acid groups (broad SMARTS) is 2. The smallest absolute Gasteiger partial charge is 0.336 e. The average Bonchev–Trinajstić information content (AvgIpc) is 2.62. The summed E-state index contributed by atoms with van der Waals surface area (Å²) in [5.41, 5.74) is -3.58. The van der Waals surface area contributed by atoms with Gasteiger partial charge in [0.15, 0.2) is 23.1 Å². The quantitative estimate of drug-likeness (QED) is 0.598. The molecule has 0 bridgehead atoms. The number of hydrogen-bond acceptors (Lipinski definition) is 6. The summed E-state index contributed by atoms with van der Waals surface area (Å²) in [6.45, 7) is 3.46. The van der Waals surface area contributed by atoms with Gasteiger partial charge in [-0.3, -0.25) is 9.59 Å². The lowest BCUT2D eigenvalue weighted by atomic mass is 9.79. The van der Waals surface area contributed by atoms with Crippen LogP contribution in [0.1, 0.15) is 45.1 Å². The molecular weight excluding hydrogens is 390 g/mol. The molecule has 152 valence electrons. The zero-order valence-electron chi connectivity index (χ0n) is 15.5. The Morgan fingerprint density at radius 1 is 1.29 bits per heavy atom. The Bertz CT molecular complexity index is 824.